The zero-order valence-electron chi connectivity index (χ0n) is 28.4. The lowest BCUT2D eigenvalue weighted by molar-refractivity contribution is 0.628. The lowest BCUT2D eigenvalue weighted by atomic mass is 10.0. The number of rotatable bonds is 6. The fraction of sp³-hybridized carbons (Fsp3) is 0.0455. The molecule has 9 rings (SSSR count). The summed E-state index contributed by atoms with van der Waals surface area (Å²) in [6.07, 6.45) is 0. The second-order valence-corrected chi connectivity index (χ2v) is 12.6. The monoisotopic (exact) mass is 675 g/mol. The van der Waals surface area contributed by atoms with Crippen LogP contribution in [0.1, 0.15) is 11.6 Å². The molecule has 0 aliphatic carbocycles. The molecular formula is C44H30FN7. The molecular weight excluding hydrogens is 646 g/mol. The number of halogens is 1. The number of nitrogens with zero attached hydrogens (tertiary/aromatic N) is 7. The highest BCUT2D eigenvalue weighted by Crippen LogP contribution is 2.39. The highest BCUT2D eigenvalue weighted by Gasteiger charge is 2.21. The highest BCUT2D eigenvalue weighted by molar-refractivity contribution is 6.11. The Morgan fingerprint density at radius 1 is 0.404 bits per heavy atom. The van der Waals surface area contributed by atoms with E-state index in [4.69, 9.17) is 15.0 Å². The fourth-order valence-corrected chi connectivity index (χ4v) is 6.77. The van der Waals surface area contributed by atoms with E-state index < -0.39 is 0 Å². The summed E-state index contributed by atoms with van der Waals surface area (Å²) in [5, 5.41) is 2.12. The molecule has 9 aromatic rings. The Morgan fingerprint density at radius 3 is 1.62 bits per heavy atom. The third kappa shape index (κ3) is 5.66. The SMILES string of the molecule is Cc1nc(C)nc(-c2ccc3c(c2)c2ccccc2n3-c2cc(-c3ccc(F)cc3)ccc2-c2nc(-c3ccccc3)nc(-c3ccccc3)n2)n1. The molecule has 0 aliphatic heterocycles. The van der Waals surface area contributed by atoms with Gasteiger partial charge in [-0.05, 0) is 73.5 Å². The van der Waals surface area contributed by atoms with Crippen LogP contribution in [-0.4, -0.2) is 34.5 Å². The van der Waals surface area contributed by atoms with Crippen molar-refractivity contribution in [2.45, 2.75) is 13.8 Å². The Kier molecular flexibility index (Phi) is 7.62. The van der Waals surface area contributed by atoms with Crippen LogP contribution in [0.2, 0.25) is 0 Å². The first-order chi connectivity index (χ1) is 25.5. The van der Waals surface area contributed by atoms with E-state index in [-0.39, 0.29) is 5.82 Å². The maximum Gasteiger partial charge on any atom is 0.166 e. The normalized spacial score (nSPS) is 11.4. The number of aryl methyl sites for hydroxylation is 2. The molecule has 0 atom stereocenters. The molecule has 0 aliphatic rings. The van der Waals surface area contributed by atoms with Crippen molar-refractivity contribution in [1.82, 2.24) is 34.5 Å². The lowest BCUT2D eigenvalue weighted by Crippen LogP contribution is -2.04. The number of aromatic nitrogens is 7. The van der Waals surface area contributed by atoms with Crippen molar-refractivity contribution in [2.75, 3.05) is 0 Å². The van der Waals surface area contributed by atoms with Gasteiger partial charge in [-0.25, -0.2) is 34.3 Å². The maximum absolute atomic E-state index is 14.1. The first kappa shape index (κ1) is 31.1. The molecule has 0 bridgehead atoms. The molecule has 0 amide bonds. The molecule has 0 N–H and O–H groups in total. The van der Waals surface area contributed by atoms with Gasteiger partial charge in [0.05, 0.1) is 16.7 Å². The van der Waals surface area contributed by atoms with Crippen molar-refractivity contribution in [3.8, 4) is 62.4 Å². The average Bonchev–Trinajstić information content (AvgIpc) is 3.52. The van der Waals surface area contributed by atoms with Gasteiger partial charge in [-0.3, -0.25) is 0 Å². The summed E-state index contributed by atoms with van der Waals surface area (Å²) in [7, 11) is 0. The first-order valence-electron chi connectivity index (χ1n) is 17.0. The van der Waals surface area contributed by atoms with Crippen LogP contribution in [-0.2, 0) is 0 Å². The van der Waals surface area contributed by atoms with Gasteiger partial charge in [0, 0.05) is 33.0 Å². The third-order valence-electron chi connectivity index (χ3n) is 9.15. The van der Waals surface area contributed by atoms with E-state index in [2.05, 4.69) is 68.0 Å². The van der Waals surface area contributed by atoms with Crippen LogP contribution >= 0.6 is 0 Å². The minimum Gasteiger partial charge on any atom is -0.308 e. The predicted octanol–water partition coefficient (Wildman–Crippen LogP) is 10.2. The topological polar surface area (TPSA) is 82.3 Å². The molecule has 3 heterocycles. The quantitative estimate of drug-likeness (QED) is 0.174. The van der Waals surface area contributed by atoms with E-state index in [1.807, 2.05) is 86.6 Å². The molecule has 6 aromatic carbocycles. The van der Waals surface area contributed by atoms with Crippen molar-refractivity contribution >= 4 is 21.8 Å². The molecule has 8 heteroatoms. The summed E-state index contributed by atoms with van der Waals surface area (Å²) in [5.74, 6) is 3.39. The Bertz CT molecular complexity index is 2680. The number of fused-ring (bicyclic) bond motifs is 3. The molecule has 52 heavy (non-hydrogen) atoms. The van der Waals surface area contributed by atoms with E-state index >= 15 is 0 Å². The van der Waals surface area contributed by atoms with Crippen LogP contribution in [0.25, 0.3) is 84.2 Å². The summed E-state index contributed by atoms with van der Waals surface area (Å²) in [5.41, 5.74) is 8.20. The van der Waals surface area contributed by atoms with Gasteiger partial charge >= 0.3 is 0 Å². The van der Waals surface area contributed by atoms with Crippen LogP contribution in [0, 0.1) is 19.7 Å². The Morgan fingerprint density at radius 2 is 0.942 bits per heavy atom. The van der Waals surface area contributed by atoms with Gasteiger partial charge in [-0.15, -0.1) is 0 Å². The van der Waals surface area contributed by atoms with E-state index in [0.717, 1.165) is 60.9 Å². The minimum atomic E-state index is -0.283. The standard InChI is InChI=1S/C44H30FN7/c1-27-46-28(2)48-43(47-27)33-20-24-39-37(25-33)35-15-9-10-16-38(35)52(39)40-26-32(29-17-21-34(45)22-18-29)19-23-36(40)44-50-41(30-11-5-3-6-12-30)49-42(51-44)31-13-7-4-8-14-31/h3-26H,1-2H3. The molecule has 0 saturated carbocycles. The molecule has 0 unspecified atom stereocenters. The summed E-state index contributed by atoms with van der Waals surface area (Å²) in [6.45, 7) is 3.76. The van der Waals surface area contributed by atoms with E-state index in [1.165, 1.54) is 12.1 Å². The van der Waals surface area contributed by atoms with Crippen LogP contribution < -0.4 is 0 Å². The zero-order chi connectivity index (χ0) is 35.2. The van der Waals surface area contributed by atoms with Gasteiger partial charge in [0.25, 0.3) is 0 Å². The van der Waals surface area contributed by atoms with Gasteiger partial charge in [-0.2, -0.15) is 0 Å². The molecule has 3 aromatic heterocycles. The Balaban J connectivity index is 1.33. The average molecular weight is 676 g/mol. The molecule has 0 spiro atoms. The number of para-hydroxylation sites is 1. The third-order valence-corrected chi connectivity index (χ3v) is 9.15. The van der Waals surface area contributed by atoms with E-state index in [1.54, 1.807) is 12.1 Å². The van der Waals surface area contributed by atoms with Crippen LogP contribution in [0.5, 0.6) is 0 Å². The first-order valence-corrected chi connectivity index (χ1v) is 17.0. The lowest BCUT2D eigenvalue weighted by Gasteiger charge is -2.16. The van der Waals surface area contributed by atoms with Gasteiger partial charge in [0.1, 0.15) is 17.5 Å². The van der Waals surface area contributed by atoms with Gasteiger partial charge < -0.3 is 4.57 Å². The molecule has 0 saturated heterocycles. The molecule has 0 fully saturated rings. The Labute approximate surface area is 299 Å². The van der Waals surface area contributed by atoms with E-state index in [9.17, 15) is 4.39 Å². The highest BCUT2D eigenvalue weighted by atomic mass is 19.1. The molecule has 248 valence electrons. The van der Waals surface area contributed by atoms with Crippen molar-refractivity contribution < 1.29 is 4.39 Å². The van der Waals surface area contributed by atoms with Crippen molar-refractivity contribution in [3.05, 3.63) is 163 Å². The molecule has 7 nitrogen and oxygen atoms in total. The second kappa shape index (κ2) is 12.8. The van der Waals surface area contributed by atoms with Gasteiger partial charge in [-0.1, -0.05) is 97.1 Å². The number of hydrogen-bond donors (Lipinski definition) is 0. The summed E-state index contributed by atoms with van der Waals surface area (Å²) < 4.78 is 16.3. The van der Waals surface area contributed by atoms with Crippen molar-refractivity contribution in [2.24, 2.45) is 0 Å². The van der Waals surface area contributed by atoms with E-state index in [0.29, 0.717) is 34.9 Å². The van der Waals surface area contributed by atoms with Crippen molar-refractivity contribution in [1.29, 1.82) is 0 Å². The van der Waals surface area contributed by atoms with Gasteiger partial charge in [0.2, 0.25) is 0 Å². The van der Waals surface area contributed by atoms with Crippen LogP contribution in [0.3, 0.4) is 0 Å². The van der Waals surface area contributed by atoms with Crippen LogP contribution in [0.15, 0.2) is 146 Å². The van der Waals surface area contributed by atoms with Crippen LogP contribution in [0.4, 0.5) is 4.39 Å². The second-order valence-electron chi connectivity index (χ2n) is 12.6. The Hall–Kier alpha value is -6.93. The smallest absolute Gasteiger partial charge is 0.166 e. The summed E-state index contributed by atoms with van der Waals surface area (Å²) in [4.78, 5) is 28.8. The number of hydrogen-bond acceptors (Lipinski definition) is 6. The minimum absolute atomic E-state index is 0.283. The maximum atomic E-state index is 14.1. The predicted molar refractivity (Wildman–Crippen MR) is 204 cm³/mol. The van der Waals surface area contributed by atoms with Gasteiger partial charge in [0.15, 0.2) is 23.3 Å². The van der Waals surface area contributed by atoms with Crippen molar-refractivity contribution in [3.63, 3.8) is 0 Å². The molecule has 0 radical (unpaired) electrons. The zero-order valence-corrected chi connectivity index (χ0v) is 28.4. The summed E-state index contributed by atoms with van der Waals surface area (Å²) >= 11 is 0. The summed E-state index contributed by atoms with van der Waals surface area (Å²) in [6, 6.07) is 47.4. The number of benzene rings is 6. The fourth-order valence-electron chi connectivity index (χ4n) is 6.77. The largest absolute Gasteiger partial charge is 0.308 e.